The number of benzene rings is 1. The summed E-state index contributed by atoms with van der Waals surface area (Å²) in [6, 6.07) is 7.17. The van der Waals surface area contributed by atoms with Crippen molar-refractivity contribution in [2.75, 3.05) is 13.7 Å². The number of esters is 1. The van der Waals surface area contributed by atoms with Gasteiger partial charge in [-0.15, -0.1) is 0 Å². The van der Waals surface area contributed by atoms with Gasteiger partial charge >= 0.3 is 5.97 Å². The number of methoxy groups -OCH3 is 1. The molecule has 0 radical (unpaired) electrons. The minimum Gasteiger partial charge on any atom is -0.547 e. The first-order valence-corrected chi connectivity index (χ1v) is 13.2. The van der Waals surface area contributed by atoms with Gasteiger partial charge in [-0.1, -0.05) is 0 Å². The summed E-state index contributed by atoms with van der Waals surface area (Å²) in [5.74, 6) is 0.451. The third kappa shape index (κ3) is 4.39. The lowest BCUT2D eigenvalue weighted by Crippen LogP contribution is -2.55. The van der Waals surface area contributed by atoms with Crippen molar-refractivity contribution in [2.24, 2.45) is 5.92 Å². The van der Waals surface area contributed by atoms with Crippen LogP contribution >= 0.6 is 0 Å². The van der Waals surface area contributed by atoms with Gasteiger partial charge in [-0.2, -0.15) is 0 Å². The summed E-state index contributed by atoms with van der Waals surface area (Å²) in [7, 11) is -0.298. The molecule has 0 saturated carbocycles. The topological polar surface area (TPSA) is 71.1 Å². The Kier molecular flexibility index (Phi) is 5.89. The molecule has 3 rings (SSSR count). The molecule has 0 N–H and O–H groups in total. The third-order valence-corrected chi connectivity index (χ3v) is 5.80. The molecule has 2 aliphatic rings. The summed E-state index contributed by atoms with van der Waals surface area (Å²) >= 11 is 0. The van der Waals surface area contributed by atoms with E-state index in [0.29, 0.717) is 29.3 Å². The van der Waals surface area contributed by atoms with Crippen LogP contribution in [0.2, 0.25) is 19.6 Å². The van der Waals surface area contributed by atoms with Crippen LogP contribution in [0.5, 0.6) is 5.75 Å². The van der Waals surface area contributed by atoms with Crippen molar-refractivity contribution >= 4 is 25.8 Å². The molecule has 0 spiro atoms. The average molecular weight is 417 g/mol. The quantitative estimate of drug-likeness (QED) is 0.514. The molecule has 1 aliphatic heterocycles. The Labute approximate surface area is 172 Å². The molecule has 1 aromatic rings. The first-order valence-electron chi connectivity index (χ1n) is 9.83. The minimum absolute atomic E-state index is 0.140. The van der Waals surface area contributed by atoms with Crippen LogP contribution in [0.3, 0.4) is 0 Å². The molecule has 1 aliphatic carbocycles. The summed E-state index contributed by atoms with van der Waals surface area (Å²) < 4.78 is 23.0. The lowest BCUT2D eigenvalue weighted by Gasteiger charge is -2.43. The maximum absolute atomic E-state index is 13.1. The Bertz CT molecular complexity index is 849. The van der Waals surface area contributed by atoms with E-state index in [1.54, 1.807) is 38.3 Å². The Morgan fingerprint density at radius 1 is 1.24 bits per heavy atom. The zero-order valence-corrected chi connectivity index (χ0v) is 18.6. The zero-order chi connectivity index (χ0) is 21.2. The highest BCUT2D eigenvalue weighted by atomic mass is 28.4. The molecule has 1 heterocycles. The molecule has 2 atom stereocenters. The van der Waals surface area contributed by atoms with Gasteiger partial charge in [0, 0.05) is 11.6 Å². The van der Waals surface area contributed by atoms with E-state index in [9.17, 15) is 9.59 Å². The highest BCUT2D eigenvalue weighted by molar-refractivity contribution is 6.70. The third-order valence-electron chi connectivity index (χ3n) is 4.92. The molecule has 7 heteroatoms. The van der Waals surface area contributed by atoms with Crippen molar-refractivity contribution in [1.29, 1.82) is 0 Å². The Morgan fingerprint density at radius 2 is 1.93 bits per heavy atom. The molecule has 0 fully saturated rings. The lowest BCUT2D eigenvalue weighted by atomic mass is 9.73. The Hall–Kier alpha value is -2.54. The minimum atomic E-state index is -1.89. The maximum Gasteiger partial charge on any atom is 0.351 e. The molecular formula is C22H28O6Si. The highest BCUT2D eigenvalue weighted by Gasteiger charge is 2.57. The number of carbonyl (C=O) groups is 2. The van der Waals surface area contributed by atoms with E-state index in [0.717, 1.165) is 0 Å². The summed E-state index contributed by atoms with van der Waals surface area (Å²) in [5.41, 5.74) is -0.718. The van der Waals surface area contributed by atoms with Crippen LogP contribution in [0.15, 0.2) is 42.2 Å². The monoisotopic (exact) mass is 416 g/mol. The van der Waals surface area contributed by atoms with E-state index in [-0.39, 0.29) is 18.8 Å². The van der Waals surface area contributed by atoms with Gasteiger partial charge < -0.3 is 18.6 Å². The summed E-state index contributed by atoms with van der Waals surface area (Å²) in [6.45, 7) is 8.18. The second kappa shape index (κ2) is 8.06. The maximum atomic E-state index is 13.1. The average Bonchev–Trinajstić information content (AvgIpc) is 2.66. The molecule has 0 saturated heterocycles. The van der Waals surface area contributed by atoms with Gasteiger partial charge in [0.25, 0.3) is 0 Å². The van der Waals surface area contributed by atoms with E-state index in [1.807, 2.05) is 6.08 Å². The Balaban J connectivity index is 1.99. The number of fused-ring (bicyclic) bond motifs is 1. The largest absolute Gasteiger partial charge is 0.547 e. The summed E-state index contributed by atoms with van der Waals surface area (Å²) in [6.07, 6.45) is 3.94. The molecule has 0 bridgehead atoms. The van der Waals surface area contributed by atoms with Crippen LogP contribution in [-0.2, 0) is 23.5 Å². The predicted molar refractivity (Wildman–Crippen MR) is 112 cm³/mol. The van der Waals surface area contributed by atoms with Crippen LogP contribution in [0.4, 0.5) is 0 Å². The number of rotatable bonds is 6. The van der Waals surface area contributed by atoms with Crippen molar-refractivity contribution in [2.45, 2.75) is 45.0 Å². The molecular weight excluding hydrogens is 388 g/mol. The van der Waals surface area contributed by atoms with Crippen molar-refractivity contribution in [3.63, 3.8) is 0 Å². The molecule has 156 valence electrons. The number of hydrogen-bond donors (Lipinski definition) is 0. The van der Waals surface area contributed by atoms with Crippen molar-refractivity contribution in [3.05, 3.63) is 47.7 Å². The van der Waals surface area contributed by atoms with Gasteiger partial charge in [0.2, 0.25) is 13.9 Å². The summed E-state index contributed by atoms with van der Waals surface area (Å²) in [5, 5.41) is 0. The molecule has 0 aromatic heterocycles. The van der Waals surface area contributed by atoms with Gasteiger partial charge in [0.1, 0.15) is 11.5 Å². The molecule has 29 heavy (non-hydrogen) atoms. The van der Waals surface area contributed by atoms with E-state index >= 15 is 0 Å². The summed E-state index contributed by atoms with van der Waals surface area (Å²) in [4.78, 5) is 26.1. The van der Waals surface area contributed by atoms with E-state index in [2.05, 4.69) is 19.6 Å². The van der Waals surface area contributed by atoms with Crippen molar-refractivity contribution in [3.8, 4) is 5.75 Å². The smallest absolute Gasteiger partial charge is 0.351 e. The second-order valence-corrected chi connectivity index (χ2v) is 12.6. The molecule has 0 unspecified atom stereocenters. The van der Waals surface area contributed by atoms with Gasteiger partial charge in [0.05, 0.1) is 31.8 Å². The van der Waals surface area contributed by atoms with Crippen molar-refractivity contribution in [1.82, 2.24) is 0 Å². The predicted octanol–water partition coefficient (Wildman–Crippen LogP) is 4.08. The van der Waals surface area contributed by atoms with Crippen LogP contribution < -0.4 is 4.74 Å². The van der Waals surface area contributed by atoms with Gasteiger partial charge in [-0.05, 0) is 63.3 Å². The number of ketones is 1. The number of carbonyl (C=O) groups excluding carboxylic acids is 2. The van der Waals surface area contributed by atoms with E-state index in [4.69, 9.17) is 18.6 Å². The van der Waals surface area contributed by atoms with Gasteiger partial charge in [-0.25, -0.2) is 4.79 Å². The van der Waals surface area contributed by atoms with Crippen LogP contribution in [0.1, 0.15) is 25.3 Å². The highest BCUT2D eigenvalue weighted by Crippen LogP contribution is 2.45. The van der Waals surface area contributed by atoms with Gasteiger partial charge in [-0.3, -0.25) is 4.79 Å². The first kappa shape index (κ1) is 21.2. The molecule has 0 amide bonds. The van der Waals surface area contributed by atoms with E-state index in [1.165, 1.54) is 6.08 Å². The van der Waals surface area contributed by atoms with E-state index < -0.39 is 25.8 Å². The van der Waals surface area contributed by atoms with Gasteiger partial charge in [0.15, 0.2) is 5.78 Å². The Morgan fingerprint density at radius 3 is 2.52 bits per heavy atom. The standard InChI is InChI=1S/C22H28O6Si/c1-6-26-21(24)22-14-17(28-29(3,4)5)11-12-18(22)19(23)13-20(27-22)15-7-9-16(25-2)10-8-15/h7-11,13,18H,6,12,14H2,1-5H3/t18-,22-/m0/s1. The van der Waals surface area contributed by atoms with Crippen LogP contribution in [0, 0.1) is 5.92 Å². The molecule has 1 aromatic carbocycles. The van der Waals surface area contributed by atoms with Crippen LogP contribution in [0.25, 0.3) is 5.76 Å². The normalized spacial score (nSPS) is 23.9. The fourth-order valence-corrected chi connectivity index (χ4v) is 4.62. The number of allylic oxidation sites excluding steroid dienone is 2. The van der Waals surface area contributed by atoms with Crippen molar-refractivity contribution < 1.29 is 28.2 Å². The fourth-order valence-electron chi connectivity index (χ4n) is 3.68. The fraction of sp³-hybridized carbons (Fsp3) is 0.455. The van der Waals surface area contributed by atoms with Crippen LogP contribution in [-0.4, -0.2) is 39.4 Å². The zero-order valence-electron chi connectivity index (χ0n) is 17.6. The SMILES string of the molecule is CCOC(=O)[C@]12CC(O[Si](C)(C)C)=CC[C@H]1C(=O)C=C(c1ccc(OC)cc1)O2. The second-order valence-electron chi connectivity index (χ2n) is 8.20. The lowest BCUT2D eigenvalue weighted by molar-refractivity contribution is -0.175. The number of hydrogen-bond acceptors (Lipinski definition) is 6. The number of ether oxygens (including phenoxy) is 3. The molecule has 6 nitrogen and oxygen atoms in total. The first-order chi connectivity index (χ1) is 13.7.